The van der Waals surface area contributed by atoms with Crippen LogP contribution < -0.4 is 10.6 Å². The molecule has 2 atom stereocenters. The minimum Gasteiger partial charge on any atom is -0.381 e. The summed E-state index contributed by atoms with van der Waals surface area (Å²) in [5, 5.41) is 5.18. The van der Waals surface area contributed by atoms with Crippen LogP contribution >= 0.6 is 0 Å². The summed E-state index contributed by atoms with van der Waals surface area (Å²) in [7, 11) is -3.74. The van der Waals surface area contributed by atoms with Gasteiger partial charge < -0.3 is 20.4 Å². The third-order valence-corrected chi connectivity index (χ3v) is 7.51. The fraction of sp³-hybridized carbons (Fsp3) is 0.435. The summed E-state index contributed by atoms with van der Waals surface area (Å²) in [5.41, 5.74) is 0.778. The number of hydrogen-bond acceptors (Lipinski definition) is 7. The van der Waals surface area contributed by atoms with Crippen LogP contribution in [0.25, 0.3) is 11.2 Å². The second-order valence-corrected chi connectivity index (χ2v) is 11.2. The van der Waals surface area contributed by atoms with Gasteiger partial charge >= 0.3 is 0 Å². The Labute approximate surface area is 208 Å². The maximum atomic E-state index is 13.3. The quantitative estimate of drug-likeness (QED) is 0.375. The minimum absolute atomic E-state index is 0.0261. The number of nitrogens with one attached hydrogen (secondary N) is 3. The van der Waals surface area contributed by atoms with Crippen molar-refractivity contribution < 1.29 is 35.5 Å². The molecule has 2 aromatic heterocycles. The molecule has 5 rings (SSSR count). The molecule has 1 saturated heterocycles. The Morgan fingerprint density at radius 3 is 2.59 bits per heavy atom. The van der Waals surface area contributed by atoms with Crippen molar-refractivity contribution in [3.63, 3.8) is 0 Å². The molecule has 3 N–H and O–H groups in total. The van der Waals surface area contributed by atoms with Gasteiger partial charge in [-0.1, -0.05) is 6.07 Å². The number of sulfone groups is 1. The van der Waals surface area contributed by atoms with Crippen LogP contribution in [0.15, 0.2) is 29.2 Å². The summed E-state index contributed by atoms with van der Waals surface area (Å²) in [4.78, 5) is 22.4. The smallest absolute Gasteiger partial charge is 0.295 e. The number of amides is 1. The van der Waals surface area contributed by atoms with Crippen LogP contribution in [-0.4, -0.2) is 54.7 Å². The average molecular weight is 542 g/mol. The van der Waals surface area contributed by atoms with E-state index in [1.807, 2.05) is 0 Å². The molecule has 3 aromatic rings. The Morgan fingerprint density at radius 2 is 1.97 bits per heavy atom. The molecule has 1 aromatic carbocycles. The first-order valence-corrected chi connectivity index (χ1v) is 13.4. The molecule has 1 aliphatic carbocycles. The average Bonchev–Trinajstić information content (AvgIpc) is 3.27. The first kappa shape index (κ1) is 25.4. The summed E-state index contributed by atoms with van der Waals surface area (Å²) >= 11 is 0. The summed E-state index contributed by atoms with van der Waals surface area (Å²) in [6, 6.07) is 6.08. The number of ether oxygens (including phenoxy) is 1. The molecule has 2 fully saturated rings. The van der Waals surface area contributed by atoms with E-state index in [4.69, 9.17) is 4.74 Å². The maximum Gasteiger partial charge on any atom is 0.295 e. The molecule has 198 valence electrons. The molecular weight excluding hydrogens is 518 g/mol. The minimum atomic E-state index is -3.74. The second-order valence-electron chi connectivity index (χ2n) is 9.25. The van der Waals surface area contributed by atoms with Gasteiger partial charge in [0.25, 0.3) is 12.3 Å². The SMILES string of the molecule is CS(=O)(=O)c1cc([C@@H]2CCCOC2)ccc1Nc1cc(NC(=O)C2CC2(F)F)nc2[nH]c(C(F)F)nc12. The zero-order valence-corrected chi connectivity index (χ0v) is 20.3. The van der Waals surface area contributed by atoms with Gasteiger partial charge in [0.15, 0.2) is 21.3 Å². The Morgan fingerprint density at radius 1 is 1.22 bits per heavy atom. The van der Waals surface area contributed by atoms with E-state index in [2.05, 4.69) is 25.6 Å². The summed E-state index contributed by atoms with van der Waals surface area (Å²) < 4.78 is 84.1. The van der Waals surface area contributed by atoms with Crippen molar-refractivity contribution in [1.82, 2.24) is 15.0 Å². The van der Waals surface area contributed by atoms with E-state index in [-0.39, 0.29) is 39.2 Å². The van der Waals surface area contributed by atoms with Gasteiger partial charge in [0.1, 0.15) is 17.3 Å². The van der Waals surface area contributed by atoms with Crippen molar-refractivity contribution in [2.24, 2.45) is 5.92 Å². The van der Waals surface area contributed by atoms with E-state index in [1.54, 1.807) is 18.2 Å². The highest BCUT2D eigenvalue weighted by molar-refractivity contribution is 7.90. The van der Waals surface area contributed by atoms with Crippen molar-refractivity contribution in [2.45, 2.75) is 42.4 Å². The lowest BCUT2D eigenvalue weighted by Gasteiger charge is -2.23. The highest BCUT2D eigenvalue weighted by Crippen LogP contribution is 2.49. The van der Waals surface area contributed by atoms with Crippen LogP contribution in [0.1, 0.15) is 43.0 Å². The van der Waals surface area contributed by atoms with Crippen molar-refractivity contribution in [3.05, 3.63) is 35.7 Å². The van der Waals surface area contributed by atoms with Gasteiger partial charge in [0.2, 0.25) is 5.91 Å². The van der Waals surface area contributed by atoms with Crippen molar-refractivity contribution >= 4 is 44.1 Å². The molecule has 0 spiro atoms. The standard InChI is InChI=1S/C23H23F4N5O4S/c1-37(34,35)16-7-11(12-3-2-6-36-10-12)4-5-14(16)28-15-8-17(30-22(33)13-9-23(13,26)27)29-20-18(15)31-21(32-20)19(24)25/h4-5,7-8,12-13,19H,2-3,6,9-10H2,1H3,(H3,28,29,30,31,32,33)/t12-,13?/m1/s1. The highest BCUT2D eigenvalue weighted by Gasteiger charge is 2.61. The third-order valence-electron chi connectivity index (χ3n) is 6.38. The molecule has 37 heavy (non-hydrogen) atoms. The molecule has 14 heteroatoms. The largest absolute Gasteiger partial charge is 0.381 e. The fourth-order valence-corrected chi connectivity index (χ4v) is 5.20. The number of imidazole rings is 1. The summed E-state index contributed by atoms with van der Waals surface area (Å²) in [6.07, 6.45) is -0.827. The number of aromatic amines is 1. The Bertz CT molecular complexity index is 1470. The highest BCUT2D eigenvalue weighted by atomic mass is 32.2. The monoisotopic (exact) mass is 541 g/mol. The molecule has 0 bridgehead atoms. The van der Waals surface area contributed by atoms with Gasteiger partial charge in [-0.05, 0) is 30.5 Å². The lowest BCUT2D eigenvalue weighted by Crippen LogP contribution is -2.18. The molecule has 1 aliphatic heterocycles. The van der Waals surface area contributed by atoms with E-state index in [0.717, 1.165) is 24.7 Å². The molecule has 9 nitrogen and oxygen atoms in total. The maximum absolute atomic E-state index is 13.3. The topological polar surface area (TPSA) is 126 Å². The number of benzene rings is 1. The number of H-pyrrole nitrogens is 1. The van der Waals surface area contributed by atoms with Crippen LogP contribution in [-0.2, 0) is 19.4 Å². The van der Waals surface area contributed by atoms with Crippen LogP contribution in [0.5, 0.6) is 0 Å². The number of alkyl halides is 4. The molecule has 1 amide bonds. The molecule has 1 unspecified atom stereocenters. The number of halogens is 4. The molecule has 3 heterocycles. The number of carbonyl (C=O) groups excluding carboxylic acids is 1. The van der Waals surface area contributed by atoms with Gasteiger partial charge in [-0.25, -0.2) is 35.9 Å². The summed E-state index contributed by atoms with van der Waals surface area (Å²) in [6.45, 7) is 1.11. The Balaban J connectivity index is 1.54. The van der Waals surface area contributed by atoms with Crippen LogP contribution in [0, 0.1) is 5.92 Å². The van der Waals surface area contributed by atoms with E-state index in [0.29, 0.717) is 13.2 Å². The molecule has 1 saturated carbocycles. The van der Waals surface area contributed by atoms with E-state index >= 15 is 0 Å². The van der Waals surface area contributed by atoms with Gasteiger partial charge in [-0.15, -0.1) is 0 Å². The fourth-order valence-electron chi connectivity index (χ4n) is 4.33. The predicted molar refractivity (Wildman–Crippen MR) is 126 cm³/mol. The third kappa shape index (κ3) is 5.25. The predicted octanol–water partition coefficient (Wildman–Crippen LogP) is 4.53. The van der Waals surface area contributed by atoms with Crippen LogP contribution in [0.2, 0.25) is 0 Å². The first-order valence-electron chi connectivity index (χ1n) is 11.5. The van der Waals surface area contributed by atoms with E-state index in [1.165, 1.54) is 6.07 Å². The number of nitrogens with zero attached hydrogens (tertiary/aromatic N) is 2. The Kier molecular flexibility index (Phi) is 6.34. The van der Waals surface area contributed by atoms with E-state index in [9.17, 15) is 30.8 Å². The number of aromatic nitrogens is 3. The van der Waals surface area contributed by atoms with E-state index < -0.39 is 46.3 Å². The van der Waals surface area contributed by atoms with Crippen molar-refractivity contribution in [1.29, 1.82) is 0 Å². The zero-order valence-electron chi connectivity index (χ0n) is 19.5. The molecule has 0 radical (unpaired) electrons. The van der Waals surface area contributed by atoms with Crippen molar-refractivity contribution in [2.75, 3.05) is 30.1 Å². The van der Waals surface area contributed by atoms with Gasteiger partial charge in [0.05, 0.1) is 22.9 Å². The lowest BCUT2D eigenvalue weighted by atomic mass is 9.93. The normalized spacial score (nSPS) is 21.2. The van der Waals surface area contributed by atoms with Gasteiger partial charge in [-0.3, -0.25) is 4.79 Å². The molecule has 2 aliphatic rings. The van der Waals surface area contributed by atoms with Crippen LogP contribution in [0.4, 0.5) is 34.8 Å². The second kappa shape index (κ2) is 9.24. The molecular formula is C23H23F4N5O4S. The number of anilines is 3. The summed E-state index contributed by atoms with van der Waals surface area (Å²) in [5.74, 6) is -6.44. The number of pyridine rings is 1. The van der Waals surface area contributed by atoms with Gasteiger partial charge in [-0.2, -0.15) is 0 Å². The number of rotatable bonds is 7. The van der Waals surface area contributed by atoms with Crippen molar-refractivity contribution in [3.8, 4) is 0 Å². The lowest BCUT2D eigenvalue weighted by molar-refractivity contribution is -0.119. The first-order chi connectivity index (χ1) is 17.4. The zero-order chi connectivity index (χ0) is 26.5. The number of carbonyl (C=O) groups is 1. The van der Waals surface area contributed by atoms with Crippen LogP contribution in [0.3, 0.4) is 0 Å². The Hall–Kier alpha value is -3.26. The number of fused-ring (bicyclic) bond motifs is 1. The van der Waals surface area contributed by atoms with Gasteiger partial charge in [0, 0.05) is 31.3 Å². The number of hydrogen-bond donors (Lipinski definition) is 3.